The number of hydrogen-bond acceptors (Lipinski definition) is 7. The zero-order valence-corrected chi connectivity index (χ0v) is 12.3. The maximum Gasteiger partial charge on any atom is 0.269 e. The van der Waals surface area contributed by atoms with Crippen LogP contribution in [0.5, 0.6) is 0 Å². The number of nitro benzene ring substituents is 1. The summed E-state index contributed by atoms with van der Waals surface area (Å²) in [5, 5.41) is 26.2. The molecular weight excluding hydrogens is 318 g/mol. The highest BCUT2D eigenvalue weighted by atomic mass is 32.2. The molecule has 0 unspecified atom stereocenters. The molecule has 114 valence electrons. The van der Waals surface area contributed by atoms with E-state index in [9.17, 15) is 15.2 Å². The zero-order chi connectivity index (χ0) is 16.0. The molecule has 0 spiro atoms. The quantitative estimate of drug-likeness (QED) is 0.568. The maximum absolute atomic E-state index is 10.9. The first-order chi connectivity index (χ1) is 11.1. The monoisotopic (exact) mass is 327 g/mol. The summed E-state index contributed by atoms with van der Waals surface area (Å²) >= 11 is 1.31. The Bertz CT molecular complexity index is 912. The maximum atomic E-state index is 10.9. The van der Waals surface area contributed by atoms with Gasteiger partial charge in [0.05, 0.1) is 4.92 Å². The summed E-state index contributed by atoms with van der Waals surface area (Å²) in [6.45, 7) is 0. The minimum atomic E-state index is -1.11. The second-order valence-corrected chi connectivity index (χ2v) is 5.86. The number of aliphatic hydroxyl groups is 1. The zero-order valence-electron chi connectivity index (χ0n) is 11.5. The summed E-state index contributed by atoms with van der Waals surface area (Å²) in [7, 11) is 0. The van der Waals surface area contributed by atoms with E-state index in [1.54, 1.807) is 30.6 Å². The standard InChI is InChI=1S/C14H9N5O3S/c20-13-10-7-9(19(21)22)1-2-11(10)23-14-16-12(17-18(13)14)8-3-5-15-6-4-8/h1-7,13,20H/t13-/m1/s1. The highest BCUT2D eigenvalue weighted by Gasteiger charge is 2.29. The molecule has 3 heterocycles. The van der Waals surface area contributed by atoms with Crippen molar-refractivity contribution in [2.75, 3.05) is 0 Å². The normalized spacial score (nSPS) is 15.8. The third-order valence-electron chi connectivity index (χ3n) is 3.45. The number of benzene rings is 1. The van der Waals surface area contributed by atoms with Crippen molar-refractivity contribution in [1.29, 1.82) is 0 Å². The van der Waals surface area contributed by atoms with Crippen LogP contribution in [0.4, 0.5) is 5.69 Å². The molecule has 1 atom stereocenters. The molecule has 0 saturated heterocycles. The molecule has 0 radical (unpaired) electrons. The Morgan fingerprint density at radius 1 is 1.26 bits per heavy atom. The van der Waals surface area contributed by atoms with Crippen LogP contribution in [0.15, 0.2) is 52.8 Å². The first kappa shape index (κ1) is 13.9. The van der Waals surface area contributed by atoms with Gasteiger partial charge in [-0.05, 0) is 30.0 Å². The lowest BCUT2D eigenvalue weighted by atomic mass is 10.1. The van der Waals surface area contributed by atoms with E-state index in [4.69, 9.17) is 0 Å². The number of hydrogen-bond donors (Lipinski definition) is 1. The fourth-order valence-electron chi connectivity index (χ4n) is 2.34. The van der Waals surface area contributed by atoms with Crippen LogP contribution in [0.3, 0.4) is 0 Å². The molecule has 0 bridgehead atoms. The van der Waals surface area contributed by atoms with Crippen molar-refractivity contribution in [2.45, 2.75) is 16.3 Å². The van der Waals surface area contributed by atoms with Crippen LogP contribution >= 0.6 is 11.8 Å². The van der Waals surface area contributed by atoms with Crippen LogP contribution in [0.1, 0.15) is 11.8 Å². The van der Waals surface area contributed by atoms with Crippen LogP contribution in [0, 0.1) is 10.1 Å². The molecule has 3 aromatic rings. The van der Waals surface area contributed by atoms with Crippen molar-refractivity contribution >= 4 is 17.4 Å². The highest BCUT2D eigenvalue weighted by molar-refractivity contribution is 7.99. The lowest BCUT2D eigenvalue weighted by Crippen LogP contribution is -2.17. The van der Waals surface area contributed by atoms with E-state index < -0.39 is 11.2 Å². The summed E-state index contributed by atoms with van der Waals surface area (Å²) in [5.74, 6) is 0.469. The lowest BCUT2D eigenvalue weighted by molar-refractivity contribution is -0.385. The van der Waals surface area contributed by atoms with Gasteiger partial charge in [-0.3, -0.25) is 15.1 Å². The van der Waals surface area contributed by atoms with Crippen LogP contribution in [0.25, 0.3) is 11.4 Å². The predicted molar refractivity (Wildman–Crippen MR) is 80.8 cm³/mol. The third kappa shape index (κ3) is 2.26. The summed E-state index contributed by atoms with van der Waals surface area (Å²) < 4.78 is 1.37. The fourth-order valence-corrected chi connectivity index (χ4v) is 3.32. The van der Waals surface area contributed by atoms with Gasteiger partial charge in [-0.2, -0.15) is 0 Å². The van der Waals surface area contributed by atoms with E-state index in [1.807, 2.05) is 0 Å². The Morgan fingerprint density at radius 2 is 2.04 bits per heavy atom. The average Bonchev–Trinajstić information content (AvgIpc) is 3.00. The molecule has 23 heavy (non-hydrogen) atoms. The number of rotatable bonds is 2. The Hall–Kier alpha value is -2.78. The highest BCUT2D eigenvalue weighted by Crippen LogP contribution is 2.41. The van der Waals surface area contributed by atoms with Gasteiger partial charge in [-0.25, -0.2) is 9.67 Å². The van der Waals surface area contributed by atoms with E-state index in [0.717, 1.165) is 10.5 Å². The van der Waals surface area contributed by atoms with Crippen molar-refractivity contribution in [3.8, 4) is 11.4 Å². The number of nitrogens with zero attached hydrogens (tertiary/aromatic N) is 5. The molecule has 8 nitrogen and oxygen atoms in total. The van der Waals surface area contributed by atoms with Gasteiger partial charge >= 0.3 is 0 Å². The number of non-ortho nitro benzene ring substituents is 1. The van der Waals surface area contributed by atoms with Gasteiger partial charge in [0.25, 0.3) is 5.69 Å². The third-order valence-corrected chi connectivity index (χ3v) is 4.51. The molecule has 0 amide bonds. The summed E-state index contributed by atoms with van der Waals surface area (Å²) in [5.41, 5.74) is 1.16. The first-order valence-corrected chi connectivity index (χ1v) is 7.46. The van der Waals surface area contributed by atoms with Crippen molar-refractivity contribution < 1.29 is 10.0 Å². The van der Waals surface area contributed by atoms with E-state index in [0.29, 0.717) is 16.5 Å². The van der Waals surface area contributed by atoms with E-state index in [1.165, 1.54) is 28.6 Å². The van der Waals surface area contributed by atoms with Crippen LogP contribution < -0.4 is 0 Å². The van der Waals surface area contributed by atoms with Crippen molar-refractivity contribution in [3.05, 3.63) is 58.4 Å². The molecule has 9 heteroatoms. The lowest BCUT2D eigenvalue weighted by Gasteiger charge is -2.21. The number of pyridine rings is 1. The molecule has 0 saturated carbocycles. The number of fused-ring (bicyclic) bond motifs is 2. The topological polar surface area (TPSA) is 107 Å². The van der Waals surface area contributed by atoms with Gasteiger partial charge in [0.1, 0.15) is 0 Å². The molecule has 2 aromatic heterocycles. The molecular formula is C14H9N5O3S. The first-order valence-electron chi connectivity index (χ1n) is 6.64. The number of nitro groups is 1. The van der Waals surface area contributed by atoms with Crippen LogP contribution in [-0.2, 0) is 0 Å². The summed E-state index contributed by atoms with van der Waals surface area (Å²) in [6.07, 6.45) is 2.16. The van der Waals surface area contributed by atoms with E-state index in [2.05, 4.69) is 15.1 Å². The van der Waals surface area contributed by atoms with E-state index in [-0.39, 0.29) is 5.69 Å². The molecule has 1 aliphatic heterocycles. The fraction of sp³-hybridized carbons (Fsp3) is 0.0714. The predicted octanol–water partition coefficient (Wildman–Crippen LogP) is 2.25. The van der Waals surface area contributed by atoms with Gasteiger partial charge in [-0.1, -0.05) is 0 Å². The van der Waals surface area contributed by atoms with Gasteiger partial charge in [0, 0.05) is 40.5 Å². The van der Waals surface area contributed by atoms with Gasteiger partial charge < -0.3 is 5.11 Å². The van der Waals surface area contributed by atoms with Gasteiger partial charge in [-0.15, -0.1) is 5.10 Å². The summed E-state index contributed by atoms with van der Waals surface area (Å²) in [4.78, 5) is 19.5. The largest absolute Gasteiger partial charge is 0.368 e. The molecule has 4 rings (SSSR count). The SMILES string of the molecule is O=[N+]([O-])c1ccc2c(c1)[C@@H](O)n1nc(-c3ccncc3)nc1S2. The Kier molecular flexibility index (Phi) is 3.10. The average molecular weight is 327 g/mol. The van der Waals surface area contributed by atoms with Crippen LogP contribution in [-0.4, -0.2) is 29.8 Å². The second kappa shape index (κ2) is 5.14. The van der Waals surface area contributed by atoms with E-state index >= 15 is 0 Å². The molecule has 1 aromatic carbocycles. The second-order valence-electron chi connectivity index (χ2n) is 4.85. The number of aliphatic hydroxyl groups excluding tert-OH is 1. The molecule has 1 aliphatic rings. The minimum absolute atomic E-state index is 0.0682. The van der Waals surface area contributed by atoms with Gasteiger partial charge in [0.2, 0.25) is 0 Å². The smallest absolute Gasteiger partial charge is 0.269 e. The number of aromatic nitrogens is 4. The van der Waals surface area contributed by atoms with Crippen molar-refractivity contribution in [3.63, 3.8) is 0 Å². The van der Waals surface area contributed by atoms with Crippen molar-refractivity contribution in [1.82, 2.24) is 19.7 Å². The Morgan fingerprint density at radius 3 is 2.78 bits per heavy atom. The molecule has 0 fully saturated rings. The Balaban J connectivity index is 1.79. The van der Waals surface area contributed by atoms with Crippen molar-refractivity contribution in [2.24, 2.45) is 0 Å². The molecule has 1 N–H and O–H groups in total. The van der Waals surface area contributed by atoms with Crippen LogP contribution in [0.2, 0.25) is 0 Å². The van der Waals surface area contributed by atoms with Gasteiger partial charge in [0.15, 0.2) is 17.2 Å². The Labute approximate surface area is 134 Å². The minimum Gasteiger partial charge on any atom is -0.368 e. The summed E-state index contributed by atoms with van der Waals surface area (Å²) in [6, 6.07) is 7.94. The molecule has 0 aliphatic carbocycles.